The predicted octanol–water partition coefficient (Wildman–Crippen LogP) is 3.87. The Hall–Kier alpha value is -1.07. The molecule has 0 spiro atoms. The minimum absolute atomic E-state index is 0.132. The van der Waals surface area contributed by atoms with Gasteiger partial charge in [-0.1, -0.05) is 15.9 Å². The first-order chi connectivity index (χ1) is 9.63. The summed E-state index contributed by atoms with van der Waals surface area (Å²) in [6.07, 6.45) is 3.62. The molecule has 0 radical (unpaired) electrons. The number of piperidine rings is 1. The van der Waals surface area contributed by atoms with Crippen LogP contribution in [0.15, 0.2) is 22.7 Å². The Bertz CT molecular complexity index is 711. The Labute approximate surface area is 129 Å². The molecule has 104 valence electrons. The molecule has 1 aromatic heterocycles. The van der Waals surface area contributed by atoms with Gasteiger partial charge in [0.1, 0.15) is 4.88 Å². The van der Waals surface area contributed by atoms with Gasteiger partial charge in [0.05, 0.1) is 5.69 Å². The van der Waals surface area contributed by atoms with Crippen LogP contribution in [-0.4, -0.2) is 23.4 Å². The zero-order chi connectivity index (χ0) is 13.9. The van der Waals surface area contributed by atoms with Crippen molar-refractivity contribution in [2.45, 2.75) is 25.3 Å². The van der Waals surface area contributed by atoms with Crippen LogP contribution in [0.4, 0.5) is 5.69 Å². The van der Waals surface area contributed by atoms with Crippen LogP contribution >= 0.6 is 27.3 Å². The smallest absolute Gasteiger partial charge is 0.266 e. The van der Waals surface area contributed by atoms with Gasteiger partial charge in [-0.3, -0.25) is 4.79 Å². The van der Waals surface area contributed by atoms with Gasteiger partial charge in [-0.15, -0.1) is 11.3 Å². The SMILES string of the molecule is Nc1c(C(=O)N2CC3CCC2C3)sc2ccc(Br)cc12. The number of likely N-dealkylation sites (tertiary alicyclic amines) is 1. The predicted molar refractivity (Wildman–Crippen MR) is 86.1 cm³/mol. The van der Waals surface area contributed by atoms with Crippen molar-refractivity contribution in [3.05, 3.63) is 27.5 Å². The van der Waals surface area contributed by atoms with Gasteiger partial charge in [0.25, 0.3) is 5.91 Å². The summed E-state index contributed by atoms with van der Waals surface area (Å²) in [6, 6.07) is 6.45. The van der Waals surface area contributed by atoms with Crippen molar-refractivity contribution in [2.24, 2.45) is 5.92 Å². The molecule has 2 atom stereocenters. The highest BCUT2D eigenvalue weighted by atomic mass is 79.9. The number of nitrogens with zero attached hydrogens (tertiary/aromatic N) is 1. The maximum Gasteiger partial charge on any atom is 0.266 e. The third-order valence-corrected chi connectivity index (χ3v) is 6.22. The van der Waals surface area contributed by atoms with Gasteiger partial charge in [-0.05, 0) is 43.4 Å². The Morgan fingerprint density at radius 3 is 2.95 bits per heavy atom. The highest BCUT2D eigenvalue weighted by Crippen LogP contribution is 2.41. The second-order valence-electron chi connectivity index (χ2n) is 5.78. The van der Waals surface area contributed by atoms with Crippen LogP contribution in [-0.2, 0) is 0 Å². The molecule has 20 heavy (non-hydrogen) atoms. The molecule has 1 saturated heterocycles. The Balaban J connectivity index is 1.75. The molecule has 1 aromatic carbocycles. The first kappa shape index (κ1) is 12.7. The Morgan fingerprint density at radius 1 is 1.40 bits per heavy atom. The van der Waals surface area contributed by atoms with Crippen LogP contribution in [0.1, 0.15) is 28.9 Å². The monoisotopic (exact) mass is 350 g/mol. The zero-order valence-corrected chi connectivity index (χ0v) is 13.3. The van der Waals surface area contributed by atoms with Crippen molar-refractivity contribution in [2.75, 3.05) is 12.3 Å². The number of nitrogens with two attached hydrogens (primary N) is 1. The van der Waals surface area contributed by atoms with E-state index >= 15 is 0 Å². The van der Waals surface area contributed by atoms with Gasteiger partial charge >= 0.3 is 0 Å². The number of carbonyl (C=O) groups excluding carboxylic acids is 1. The van der Waals surface area contributed by atoms with Crippen molar-refractivity contribution in [1.29, 1.82) is 0 Å². The molecule has 1 aliphatic heterocycles. The highest BCUT2D eigenvalue weighted by Gasteiger charge is 2.41. The molecule has 2 bridgehead atoms. The number of benzene rings is 1. The summed E-state index contributed by atoms with van der Waals surface area (Å²) in [5.74, 6) is 0.848. The average molecular weight is 351 g/mol. The molecule has 1 aliphatic carbocycles. The first-order valence-corrected chi connectivity index (χ1v) is 8.53. The average Bonchev–Trinajstić information content (AvgIpc) is 3.13. The van der Waals surface area contributed by atoms with Crippen LogP contribution in [0.25, 0.3) is 10.1 Å². The van der Waals surface area contributed by atoms with Crippen LogP contribution in [0.5, 0.6) is 0 Å². The fourth-order valence-electron chi connectivity index (χ4n) is 3.55. The van der Waals surface area contributed by atoms with Crippen LogP contribution in [0.2, 0.25) is 0 Å². The van der Waals surface area contributed by atoms with Gasteiger partial charge in [0.15, 0.2) is 0 Å². The second kappa shape index (κ2) is 4.46. The molecule has 2 fully saturated rings. The lowest BCUT2D eigenvalue weighted by atomic mass is 10.1. The van der Waals surface area contributed by atoms with E-state index in [0.717, 1.165) is 27.5 Å². The maximum absolute atomic E-state index is 12.8. The number of rotatable bonds is 1. The number of anilines is 1. The summed E-state index contributed by atoms with van der Waals surface area (Å²) in [5.41, 5.74) is 6.85. The normalized spacial score (nSPS) is 24.8. The number of nitrogen functional groups attached to an aromatic ring is 1. The molecule has 2 aliphatic rings. The summed E-state index contributed by atoms with van der Waals surface area (Å²) >= 11 is 4.98. The fourth-order valence-corrected chi connectivity index (χ4v) is 4.97. The number of thiophene rings is 1. The van der Waals surface area contributed by atoms with E-state index < -0.39 is 0 Å². The largest absolute Gasteiger partial charge is 0.397 e. The maximum atomic E-state index is 12.8. The molecule has 2 unspecified atom stereocenters. The summed E-state index contributed by atoms with van der Waals surface area (Å²) in [7, 11) is 0. The standard InChI is InChI=1S/C15H15BrN2OS/c16-9-2-4-12-11(6-9)13(17)14(20-12)15(19)18-7-8-1-3-10(18)5-8/h2,4,6,8,10H,1,3,5,7,17H2. The molecule has 2 aromatic rings. The van der Waals surface area contributed by atoms with Gasteiger partial charge in [0, 0.05) is 27.1 Å². The van der Waals surface area contributed by atoms with E-state index in [-0.39, 0.29) is 5.91 Å². The van der Waals surface area contributed by atoms with Crippen LogP contribution in [0, 0.1) is 5.92 Å². The van der Waals surface area contributed by atoms with Crippen molar-refractivity contribution in [3.8, 4) is 0 Å². The zero-order valence-electron chi connectivity index (χ0n) is 10.9. The summed E-state index contributed by atoms with van der Waals surface area (Å²) in [4.78, 5) is 15.5. The number of carbonyl (C=O) groups is 1. The highest BCUT2D eigenvalue weighted by molar-refractivity contribution is 9.10. The third-order valence-electron chi connectivity index (χ3n) is 4.55. The summed E-state index contributed by atoms with van der Waals surface area (Å²) < 4.78 is 2.08. The lowest BCUT2D eigenvalue weighted by Gasteiger charge is -2.26. The van der Waals surface area contributed by atoms with E-state index in [9.17, 15) is 4.79 Å². The van der Waals surface area contributed by atoms with E-state index in [1.807, 2.05) is 23.1 Å². The third kappa shape index (κ3) is 1.79. The van der Waals surface area contributed by atoms with Gasteiger partial charge in [-0.2, -0.15) is 0 Å². The summed E-state index contributed by atoms with van der Waals surface area (Å²) in [6.45, 7) is 0.918. The van der Waals surface area contributed by atoms with E-state index in [1.165, 1.54) is 24.2 Å². The molecule has 4 rings (SSSR count). The minimum Gasteiger partial charge on any atom is -0.397 e. The lowest BCUT2D eigenvalue weighted by Crippen LogP contribution is -2.37. The van der Waals surface area contributed by atoms with Crippen LogP contribution in [0.3, 0.4) is 0 Å². The lowest BCUT2D eigenvalue weighted by molar-refractivity contribution is 0.0709. The van der Waals surface area contributed by atoms with E-state index in [0.29, 0.717) is 22.5 Å². The van der Waals surface area contributed by atoms with Gasteiger partial charge in [-0.25, -0.2) is 0 Å². The quantitative estimate of drug-likeness (QED) is 0.848. The molecule has 3 nitrogen and oxygen atoms in total. The minimum atomic E-state index is 0.132. The molecule has 2 N–H and O–H groups in total. The fraction of sp³-hybridized carbons (Fsp3) is 0.400. The van der Waals surface area contributed by atoms with Crippen molar-refractivity contribution >= 4 is 48.9 Å². The van der Waals surface area contributed by atoms with E-state index in [2.05, 4.69) is 15.9 Å². The van der Waals surface area contributed by atoms with Crippen molar-refractivity contribution in [1.82, 2.24) is 4.90 Å². The van der Waals surface area contributed by atoms with E-state index in [4.69, 9.17) is 5.73 Å². The first-order valence-electron chi connectivity index (χ1n) is 6.92. The number of fused-ring (bicyclic) bond motifs is 3. The molecule has 1 amide bonds. The topological polar surface area (TPSA) is 46.3 Å². The Morgan fingerprint density at radius 2 is 2.25 bits per heavy atom. The number of amides is 1. The molecular formula is C15H15BrN2OS. The second-order valence-corrected chi connectivity index (χ2v) is 7.74. The Kier molecular flexibility index (Phi) is 2.82. The van der Waals surface area contributed by atoms with Crippen LogP contribution < -0.4 is 5.73 Å². The van der Waals surface area contributed by atoms with E-state index in [1.54, 1.807) is 0 Å². The van der Waals surface area contributed by atoms with Crippen molar-refractivity contribution in [3.63, 3.8) is 0 Å². The molecule has 2 heterocycles. The molecule has 5 heteroatoms. The van der Waals surface area contributed by atoms with Crippen molar-refractivity contribution < 1.29 is 4.79 Å². The number of hydrogen-bond donors (Lipinski definition) is 1. The van der Waals surface area contributed by atoms with Gasteiger partial charge in [0.2, 0.25) is 0 Å². The summed E-state index contributed by atoms with van der Waals surface area (Å²) in [5, 5.41) is 0.983. The number of halogens is 1. The molecule has 1 saturated carbocycles. The molecular weight excluding hydrogens is 336 g/mol. The number of hydrogen-bond acceptors (Lipinski definition) is 3. The van der Waals surface area contributed by atoms with Gasteiger partial charge < -0.3 is 10.6 Å².